The van der Waals surface area contributed by atoms with Gasteiger partial charge < -0.3 is 0 Å². The van der Waals surface area contributed by atoms with Crippen molar-refractivity contribution in [2.24, 2.45) is 5.41 Å². The van der Waals surface area contributed by atoms with E-state index < -0.39 is 21.8 Å². The standard InChI is InChI=1S/C5H8S4.2ClH.Tl/c6-9-3-5(4-9)1-7-8-2-5;;;/h1-4H2;2*1H;/q;;;+2/p-2. The molecule has 2 aliphatic heterocycles. The molecule has 0 aromatic carbocycles. The van der Waals surface area contributed by atoms with Crippen molar-refractivity contribution in [3.05, 3.63) is 0 Å². The van der Waals surface area contributed by atoms with Crippen molar-refractivity contribution in [3.8, 4) is 0 Å². The Morgan fingerprint density at radius 2 is 1.67 bits per heavy atom. The monoisotopic (exact) mass is 471 g/mol. The van der Waals surface area contributed by atoms with Gasteiger partial charge in [0.15, 0.2) is 0 Å². The summed E-state index contributed by atoms with van der Waals surface area (Å²) in [7, 11) is 14.4. The molecular weight excluding hydrogens is 464 g/mol. The molecule has 0 bridgehead atoms. The summed E-state index contributed by atoms with van der Waals surface area (Å²) < 4.78 is 0. The van der Waals surface area contributed by atoms with Gasteiger partial charge >= 0.3 is 38.4 Å². The van der Waals surface area contributed by atoms with E-state index in [0.717, 1.165) is 5.41 Å². The predicted molar refractivity (Wildman–Crippen MR) is 69.3 cm³/mol. The van der Waals surface area contributed by atoms with Crippen molar-refractivity contribution in [1.29, 1.82) is 0 Å². The van der Waals surface area contributed by atoms with E-state index in [4.69, 9.17) is 27.8 Å². The number of halogens is 2. The van der Waals surface area contributed by atoms with Crippen molar-refractivity contribution in [2.75, 3.05) is 23.0 Å². The molecule has 2 saturated heterocycles. The molecule has 0 amide bonds. The van der Waals surface area contributed by atoms with Crippen LogP contribution in [-0.2, 0) is 20.6 Å². The average Bonchev–Trinajstić information content (AvgIpc) is 2.37. The molecule has 1 spiro atoms. The van der Waals surface area contributed by atoms with Crippen molar-refractivity contribution < 1.29 is 0 Å². The minimum absolute atomic E-state index is 0.386. The van der Waals surface area contributed by atoms with E-state index in [2.05, 4.69) is 0 Å². The van der Waals surface area contributed by atoms with Gasteiger partial charge in [-0.25, -0.2) is 0 Å². The van der Waals surface area contributed by atoms with Crippen LogP contribution >= 0.6 is 38.2 Å². The molecule has 0 aromatic heterocycles. The number of hydrogen-bond donors (Lipinski definition) is 0. The van der Waals surface area contributed by atoms with E-state index in [0.29, 0.717) is 9.45 Å². The van der Waals surface area contributed by atoms with Crippen LogP contribution in [0.15, 0.2) is 0 Å². The third-order valence-corrected chi connectivity index (χ3v) is 7.16. The van der Waals surface area contributed by atoms with E-state index in [-0.39, 0.29) is 0 Å². The second-order valence-corrected chi connectivity index (χ2v) is 14.6. The molecule has 0 saturated carbocycles. The van der Waals surface area contributed by atoms with Crippen molar-refractivity contribution in [2.45, 2.75) is 0 Å². The number of rotatable bonds is 0. The Hall–Kier alpha value is 2.77. The molecule has 0 N–H and O–H groups in total. The van der Waals surface area contributed by atoms with Crippen LogP contribution < -0.4 is 0 Å². The summed E-state index contributed by atoms with van der Waals surface area (Å²) >= 11 is 4.13. The van der Waals surface area contributed by atoms with E-state index >= 15 is 0 Å². The molecule has 0 radical (unpaired) electrons. The first-order valence-corrected chi connectivity index (χ1v) is 19.4. The second kappa shape index (κ2) is 6.38. The Morgan fingerprint density at radius 3 is 2.00 bits per heavy atom. The Labute approximate surface area is 107 Å². The first-order chi connectivity index (χ1) is 5.72. The van der Waals surface area contributed by atoms with Crippen LogP contribution in [-0.4, -0.2) is 44.8 Å². The Bertz CT molecular complexity index is 161. The maximum atomic E-state index is 5.19. The van der Waals surface area contributed by atoms with Crippen LogP contribution in [0, 0.1) is 5.41 Å². The van der Waals surface area contributed by atoms with Gasteiger partial charge in [0.1, 0.15) is 0 Å². The molecular formula is C5H8Cl2S4Tl. The fourth-order valence-corrected chi connectivity index (χ4v) is 8.30. The van der Waals surface area contributed by atoms with Gasteiger partial charge in [-0.05, 0) is 0 Å². The molecule has 0 atom stereocenters. The first-order valence-electron chi connectivity index (χ1n) is 3.34. The van der Waals surface area contributed by atoms with E-state index in [9.17, 15) is 0 Å². The van der Waals surface area contributed by atoms with Crippen LogP contribution in [0.2, 0.25) is 0 Å². The van der Waals surface area contributed by atoms with Gasteiger partial charge in [-0.2, -0.15) is 0 Å². The van der Waals surface area contributed by atoms with Crippen molar-refractivity contribution in [1.82, 2.24) is 0 Å². The fraction of sp³-hybridized carbons (Fsp3) is 1.00. The van der Waals surface area contributed by atoms with E-state index in [1.165, 1.54) is 23.0 Å². The molecule has 2 heterocycles. The first kappa shape index (κ1) is 12.8. The summed E-state index contributed by atoms with van der Waals surface area (Å²) in [4.78, 5) is 0. The van der Waals surface area contributed by atoms with Crippen molar-refractivity contribution in [3.63, 3.8) is 0 Å². The summed E-state index contributed by atoms with van der Waals surface area (Å²) in [5.74, 6) is 5.44. The quantitative estimate of drug-likeness (QED) is 0.394. The van der Waals surface area contributed by atoms with Crippen molar-refractivity contribution >= 4 is 80.6 Å². The van der Waals surface area contributed by atoms with Gasteiger partial charge in [-0.1, -0.05) is 32.8 Å². The van der Waals surface area contributed by atoms with Gasteiger partial charge in [0.2, 0.25) is 0 Å². The molecule has 0 unspecified atom stereocenters. The maximum absolute atomic E-state index is 5.19. The van der Waals surface area contributed by atoms with Gasteiger partial charge in [0.25, 0.3) is 0 Å². The molecule has 69 valence electrons. The SMILES string of the molecule is S=S1CC2(CSSC2)C1.[Cl][Tl][Cl]. The van der Waals surface area contributed by atoms with E-state index in [1.807, 2.05) is 21.6 Å². The molecule has 0 aromatic rings. The number of hydrogen-bond acceptors (Lipinski definition) is 3. The minimum atomic E-state index is -1.06. The Kier molecular flexibility index (Phi) is 6.82. The van der Waals surface area contributed by atoms with Gasteiger partial charge in [-0.3, -0.25) is 0 Å². The molecule has 2 aliphatic rings. The van der Waals surface area contributed by atoms with Crippen LogP contribution in [0.4, 0.5) is 0 Å². The summed E-state index contributed by atoms with van der Waals surface area (Å²) in [5.41, 5.74) is 0.722. The van der Waals surface area contributed by atoms with Crippen LogP contribution in [0.25, 0.3) is 0 Å². The normalized spacial score (nSPS) is 25.5. The molecule has 0 aliphatic carbocycles. The summed E-state index contributed by atoms with van der Waals surface area (Å²) in [6.07, 6.45) is 0. The third kappa shape index (κ3) is 3.73. The van der Waals surface area contributed by atoms with Gasteiger partial charge in [-0.15, -0.1) is 9.45 Å². The summed E-state index contributed by atoms with van der Waals surface area (Å²) in [6.45, 7) is 0. The summed E-state index contributed by atoms with van der Waals surface area (Å²) in [5, 5.41) is 0. The van der Waals surface area contributed by atoms with Crippen LogP contribution in [0.3, 0.4) is 0 Å². The molecule has 12 heavy (non-hydrogen) atoms. The zero-order valence-corrected chi connectivity index (χ0v) is 15.6. The second-order valence-electron chi connectivity index (χ2n) is 2.84. The average molecular weight is 472 g/mol. The Morgan fingerprint density at radius 1 is 1.25 bits per heavy atom. The van der Waals surface area contributed by atoms with Gasteiger partial charge in [0, 0.05) is 28.4 Å². The fourth-order valence-electron chi connectivity index (χ4n) is 1.18. The van der Waals surface area contributed by atoms with Crippen LogP contribution in [0.5, 0.6) is 0 Å². The van der Waals surface area contributed by atoms with E-state index in [1.54, 1.807) is 0 Å². The van der Waals surface area contributed by atoms with Gasteiger partial charge in [0.05, 0.1) is 0 Å². The third-order valence-electron chi connectivity index (χ3n) is 1.75. The molecule has 2 fully saturated rings. The molecule has 2 rings (SSSR count). The molecule has 0 nitrogen and oxygen atoms in total. The van der Waals surface area contributed by atoms with Crippen LogP contribution in [0.1, 0.15) is 0 Å². The summed E-state index contributed by atoms with van der Waals surface area (Å²) in [6, 6.07) is 0. The topological polar surface area (TPSA) is 0 Å². The predicted octanol–water partition coefficient (Wildman–Crippen LogP) is 2.46. The zero-order valence-electron chi connectivity index (χ0n) is 6.29. The Balaban J connectivity index is 0.000000213. The zero-order chi connectivity index (χ0) is 9.03. The molecule has 7 heteroatoms.